The molecule has 2 aromatic carbocycles. The predicted octanol–water partition coefficient (Wildman–Crippen LogP) is 3.84. The fourth-order valence-corrected chi connectivity index (χ4v) is 1.74. The molecule has 0 amide bonds. The molecule has 1 aliphatic rings. The number of fused-ring (bicyclic) bond motifs is 2. The van der Waals surface area contributed by atoms with Crippen LogP contribution in [0, 0.1) is 6.92 Å². The molecule has 2 heteroatoms. The van der Waals surface area contributed by atoms with Gasteiger partial charge in [-0.15, -0.1) is 0 Å². The lowest BCUT2D eigenvalue weighted by atomic mass is 10.1. The van der Waals surface area contributed by atoms with E-state index in [1.54, 1.807) is 0 Å². The third-order valence-electron chi connectivity index (χ3n) is 2.51. The van der Waals surface area contributed by atoms with E-state index in [4.69, 9.17) is 4.74 Å². The van der Waals surface area contributed by atoms with Gasteiger partial charge in [0.25, 0.3) is 0 Å². The molecule has 0 aromatic heterocycles. The van der Waals surface area contributed by atoms with Crippen LogP contribution < -0.4 is 10.1 Å². The van der Waals surface area contributed by atoms with E-state index in [2.05, 4.69) is 18.3 Å². The second kappa shape index (κ2) is 3.02. The first-order chi connectivity index (χ1) is 7.33. The highest BCUT2D eigenvalue weighted by Crippen LogP contribution is 2.41. The zero-order chi connectivity index (χ0) is 10.3. The summed E-state index contributed by atoms with van der Waals surface area (Å²) in [5, 5.41) is 3.34. The number of para-hydroxylation sites is 2. The lowest BCUT2D eigenvalue weighted by molar-refractivity contribution is 0.481. The van der Waals surface area contributed by atoms with E-state index >= 15 is 0 Å². The van der Waals surface area contributed by atoms with E-state index in [-0.39, 0.29) is 0 Å². The number of aryl methyl sites for hydroxylation is 1. The van der Waals surface area contributed by atoms with Crippen LogP contribution in [0.5, 0.6) is 11.5 Å². The Morgan fingerprint density at radius 3 is 2.67 bits per heavy atom. The van der Waals surface area contributed by atoms with Crippen LogP contribution in [-0.4, -0.2) is 0 Å². The van der Waals surface area contributed by atoms with Crippen LogP contribution >= 0.6 is 0 Å². The Bertz CT molecular complexity index is 520. The molecule has 2 aromatic rings. The molecule has 15 heavy (non-hydrogen) atoms. The third kappa shape index (κ3) is 1.34. The van der Waals surface area contributed by atoms with Crippen molar-refractivity contribution in [2.24, 2.45) is 0 Å². The van der Waals surface area contributed by atoms with Gasteiger partial charge in [-0.25, -0.2) is 0 Å². The van der Waals surface area contributed by atoms with Gasteiger partial charge in [-0.3, -0.25) is 0 Å². The topological polar surface area (TPSA) is 21.3 Å². The maximum Gasteiger partial charge on any atom is 0.151 e. The van der Waals surface area contributed by atoms with E-state index in [1.807, 2.05) is 36.4 Å². The molecule has 0 saturated heterocycles. The summed E-state index contributed by atoms with van der Waals surface area (Å²) in [6.07, 6.45) is 0. The standard InChI is InChI=1S/C13H11NO/c1-9-6-7-11-13(8-9)15-12-5-3-2-4-10(12)14-11/h2-8,14H,1H3. The van der Waals surface area contributed by atoms with Gasteiger partial charge in [-0.05, 0) is 36.8 Å². The van der Waals surface area contributed by atoms with Crippen LogP contribution in [0.2, 0.25) is 0 Å². The molecule has 0 fully saturated rings. The van der Waals surface area contributed by atoms with Crippen LogP contribution in [0.4, 0.5) is 11.4 Å². The molecule has 1 N–H and O–H groups in total. The van der Waals surface area contributed by atoms with Crippen LogP contribution in [0.1, 0.15) is 5.56 Å². The maximum atomic E-state index is 5.80. The minimum atomic E-state index is 0.885. The van der Waals surface area contributed by atoms with Gasteiger partial charge >= 0.3 is 0 Å². The number of nitrogens with one attached hydrogen (secondary N) is 1. The first kappa shape index (κ1) is 8.36. The number of hydrogen-bond acceptors (Lipinski definition) is 2. The minimum Gasteiger partial charge on any atom is -0.453 e. The number of ether oxygens (including phenoxy) is 1. The average molecular weight is 197 g/mol. The van der Waals surface area contributed by atoms with Gasteiger partial charge < -0.3 is 10.1 Å². The molecule has 0 unspecified atom stereocenters. The number of rotatable bonds is 0. The van der Waals surface area contributed by atoms with Gasteiger partial charge in [-0.2, -0.15) is 0 Å². The van der Waals surface area contributed by atoms with Crippen molar-refractivity contribution >= 4 is 11.4 Å². The predicted molar refractivity (Wildman–Crippen MR) is 61.0 cm³/mol. The highest BCUT2D eigenvalue weighted by molar-refractivity contribution is 5.75. The molecule has 0 spiro atoms. The molecule has 74 valence electrons. The summed E-state index contributed by atoms with van der Waals surface area (Å²) in [5.74, 6) is 1.78. The zero-order valence-corrected chi connectivity index (χ0v) is 8.45. The Morgan fingerprint density at radius 2 is 1.73 bits per heavy atom. The monoisotopic (exact) mass is 197 g/mol. The van der Waals surface area contributed by atoms with Gasteiger partial charge in [0, 0.05) is 0 Å². The summed E-state index contributed by atoms with van der Waals surface area (Å²) in [6, 6.07) is 14.1. The van der Waals surface area contributed by atoms with Crippen molar-refractivity contribution in [2.75, 3.05) is 5.32 Å². The minimum absolute atomic E-state index is 0.885. The highest BCUT2D eigenvalue weighted by Gasteiger charge is 2.14. The lowest BCUT2D eigenvalue weighted by Gasteiger charge is -2.21. The zero-order valence-electron chi connectivity index (χ0n) is 8.45. The van der Waals surface area contributed by atoms with E-state index in [1.165, 1.54) is 5.56 Å². The summed E-state index contributed by atoms with van der Waals surface area (Å²) in [7, 11) is 0. The fourth-order valence-electron chi connectivity index (χ4n) is 1.74. The van der Waals surface area contributed by atoms with E-state index in [0.29, 0.717) is 0 Å². The van der Waals surface area contributed by atoms with Crippen molar-refractivity contribution in [3.05, 3.63) is 48.0 Å². The average Bonchev–Trinajstić information content (AvgIpc) is 2.26. The van der Waals surface area contributed by atoms with Crippen molar-refractivity contribution < 1.29 is 4.74 Å². The van der Waals surface area contributed by atoms with Gasteiger partial charge in [0.2, 0.25) is 0 Å². The SMILES string of the molecule is Cc1ccc2c(c1)Oc1ccccc1N2. The number of benzene rings is 2. The van der Waals surface area contributed by atoms with Crippen molar-refractivity contribution in [2.45, 2.75) is 6.92 Å². The van der Waals surface area contributed by atoms with E-state index in [9.17, 15) is 0 Å². The Labute approximate surface area is 88.5 Å². The second-order valence-electron chi connectivity index (χ2n) is 3.72. The molecule has 0 radical (unpaired) electrons. The fraction of sp³-hybridized carbons (Fsp3) is 0.0769. The summed E-state index contributed by atoms with van der Waals surface area (Å²) in [5.41, 5.74) is 3.25. The summed E-state index contributed by atoms with van der Waals surface area (Å²) in [4.78, 5) is 0. The molecule has 1 heterocycles. The summed E-state index contributed by atoms with van der Waals surface area (Å²) >= 11 is 0. The van der Waals surface area contributed by atoms with Crippen LogP contribution in [-0.2, 0) is 0 Å². The Morgan fingerprint density at radius 1 is 0.933 bits per heavy atom. The largest absolute Gasteiger partial charge is 0.453 e. The van der Waals surface area contributed by atoms with Crippen LogP contribution in [0.3, 0.4) is 0 Å². The van der Waals surface area contributed by atoms with E-state index < -0.39 is 0 Å². The van der Waals surface area contributed by atoms with E-state index in [0.717, 1.165) is 22.9 Å². The first-order valence-electron chi connectivity index (χ1n) is 4.97. The third-order valence-corrected chi connectivity index (χ3v) is 2.51. The van der Waals surface area contributed by atoms with Gasteiger partial charge in [0.1, 0.15) is 0 Å². The molecular weight excluding hydrogens is 186 g/mol. The molecule has 0 aliphatic carbocycles. The first-order valence-corrected chi connectivity index (χ1v) is 4.97. The highest BCUT2D eigenvalue weighted by atomic mass is 16.5. The lowest BCUT2D eigenvalue weighted by Crippen LogP contribution is -2.02. The summed E-state index contributed by atoms with van der Waals surface area (Å²) in [6.45, 7) is 2.06. The molecule has 2 nitrogen and oxygen atoms in total. The van der Waals surface area contributed by atoms with Crippen LogP contribution in [0.25, 0.3) is 0 Å². The van der Waals surface area contributed by atoms with Crippen molar-refractivity contribution in [3.63, 3.8) is 0 Å². The van der Waals surface area contributed by atoms with Crippen molar-refractivity contribution in [3.8, 4) is 11.5 Å². The molecule has 0 bridgehead atoms. The Kier molecular flexibility index (Phi) is 1.68. The maximum absolute atomic E-state index is 5.80. The number of hydrogen-bond donors (Lipinski definition) is 1. The quantitative estimate of drug-likeness (QED) is 0.591. The Balaban J connectivity index is 2.11. The van der Waals surface area contributed by atoms with Crippen molar-refractivity contribution in [1.82, 2.24) is 0 Å². The molecule has 0 saturated carbocycles. The smallest absolute Gasteiger partial charge is 0.151 e. The number of anilines is 2. The molecular formula is C13H11NO. The Hall–Kier alpha value is -1.96. The molecule has 0 atom stereocenters. The van der Waals surface area contributed by atoms with Gasteiger partial charge in [0.05, 0.1) is 11.4 Å². The van der Waals surface area contributed by atoms with Gasteiger partial charge in [-0.1, -0.05) is 18.2 Å². The van der Waals surface area contributed by atoms with Crippen LogP contribution in [0.15, 0.2) is 42.5 Å². The summed E-state index contributed by atoms with van der Waals surface area (Å²) < 4.78 is 5.80. The van der Waals surface area contributed by atoms with Crippen molar-refractivity contribution in [1.29, 1.82) is 0 Å². The van der Waals surface area contributed by atoms with Gasteiger partial charge in [0.15, 0.2) is 11.5 Å². The normalized spacial score (nSPS) is 12.1. The second-order valence-corrected chi connectivity index (χ2v) is 3.72. The molecule has 3 rings (SSSR count). The molecule has 1 aliphatic heterocycles.